The highest BCUT2D eigenvalue weighted by atomic mass is 16.6. The van der Waals surface area contributed by atoms with Crippen molar-refractivity contribution in [2.24, 2.45) is 11.1 Å². The molecule has 1 aromatic carbocycles. The average molecular weight is 719 g/mol. The first-order valence-electron chi connectivity index (χ1n) is 17.1. The third-order valence-electron chi connectivity index (χ3n) is 9.16. The van der Waals surface area contributed by atoms with E-state index in [0.717, 1.165) is 5.57 Å². The molecule has 15 nitrogen and oxygen atoms in total. The van der Waals surface area contributed by atoms with Crippen molar-refractivity contribution in [2.45, 2.75) is 96.7 Å². The van der Waals surface area contributed by atoms with Crippen molar-refractivity contribution >= 4 is 35.3 Å². The van der Waals surface area contributed by atoms with Crippen LogP contribution in [0.25, 0.3) is 5.57 Å². The van der Waals surface area contributed by atoms with E-state index in [1.807, 2.05) is 19.9 Å². The molecule has 1 aliphatic carbocycles. The second-order valence-corrected chi connectivity index (χ2v) is 13.8. The molecule has 0 aliphatic heterocycles. The van der Waals surface area contributed by atoms with E-state index in [-0.39, 0.29) is 31.7 Å². The fourth-order valence-corrected chi connectivity index (χ4v) is 6.04. The minimum absolute atomic E-state index is 0.195. The first kappa shape index (κ1) is 43.0. The quantitative estimate of drug-likeness (QED) is 0.140. The van der Waals surface area contributed by atoms with Gasteiger partial charge in [-0.05, 0) is 77.2 Å². The number of amides is 5. The molecule has 6 N–H and O–H groups in total. The lowest BCUT2D eigenvalue weighted by Crippen LogP contribution is -2.53. The van der Waals surface area contributed by atoms with Gasteiger partial charge in [0.2, 0.25) is 23.6 Å². The number of methoxy groups -OCH3 is 3. The number of nitrogens with one attached hydrogen (secondary N) is 4. The van der Waals surface area contributed by atoms with Gasteiger partial charge in [-0.2, -0.15) is 0 Å². The number of ether oxygens (including phenoxy) is 4. The zero-order chi connectivity index (χ0) is 38.7. The standard InChI is InChI=1S/C36H58N6O9/c1-21(31(44)38-7)40-32(45)30(23-15-16-27(49-10)24(18-23)25-19-28(50-11)36(25,6)22(2)48-9)42(8)33(46)26(41-29(43)20-37)14-12-13-17-39-34(47)51-35(3,4)5/h15-16,18-19,21-22,26,28,30H,12-14,17,20,37H2,1-11H3,(H,38,44)(H,39,47)(H,40,45)(H,41,43)/t21-,22-,26-,28?,30-,36+/m0/s1. The average Bonchev–Trinajstić information content (AvgIpc) is 3.08. The normalized spacial score (nSPS) is 19.2. The van der Waals surface area contributed by atoms with E-state index < -0.39 is 58.9 Å². The Labute approximate surface area is 301 Å². The third kappa shape index (κ3) is 10.9. The number of hydrogen-bond acceptors (Lipinski definition) is 10. The summed E-state index contributed by atoms with van der Waals surface area (Å²) >= 11 is 0. The van der Waals surface area contributed by atoms with Gasteiger partial charge >= 0.3 is 6.09 Å². The first-order chi connectivity index (χ1) is 23.9. The third-order valence-corrected chi connectivity index (χ3v) is 9.16. The van der Waals surface area contributed by atoms with Crippen molar-refractivity contribution in [3.63, 3.8) is 0 Å². The number of unbranched alkanes of at least 4 members (excludes halogenated alkanes) is 1. The molecule has 5 amide bonds. The van der Waals surface area contributed by atoms with Crippen molar-refractivity contribution in [1.82, 2.24) is 26.2 Å². The summed E-state index contributed by atoms with van der Waals surface area (Å²) in [5.74, 6) is -1.61. The Morgan fingerprint density at radius 3 is 2.24 bits per heavy atom. The molecule has 0 saturated carbocycles. The van der Waals surface area contributed by atoms with Crippen LogP contribution < -0.4 is 31.7 Å². The molecule has 0 aromatic heterocycles. The van der Waals surface area contributed by atoms with Gasteiger partial charge in [0.05, 0.1) is 25.9 Å². The van der Waals surface area contributed by atoms with Crippen LogP contribution in [0.1, 0.15) is 78.0 Å². The molecule has 0 heterocycles. The van der Waals surface area contributed by atoms with Crippen LogP contribution in [-0.4, -0.2) is 113 Å². The first-order valence-corrected chi connectivity index (χ1v) is 17.1. The number of hydrogen-bond donors (Lipinski definition) is 5. The molecule has 1 unspecified atom stereocenters. The Balaban J connectivity index is 2.52. The summed E-state index contributed by atoms with van der Waals surface area (Å²) in [6.45, 7) is 10.7. The number of nitrogens with two attached hydrogens (primary N) is 1. The molecular formula is C36H58N6O9. The van der Waals surface area contributed by atoms with Gasteiger partial charge in [0.25, 0.3) is 0 Å². The largest absolute Gasteiger partial charge is 0.496 e. The van der Waals surface area contributed by atoms with Gasteiger partial charge in [0.1, 0.15) is 29.5 Å². The molecule has 0 bridgehead atoms. The van der Waals surface area contributed by atoms with Gasteiger partial charge in [-0.1, -0.05) is 19.1 Å². The van der Waals surface area contributed by atoms with Crippen molar-refractivity contribution in [3.8, 4) is 5.75 Å². The molecular weight excluding hydrogens is 660 g/mol. The molecule has 286 valence electrons. The monoisotopic (exact) mass is 718 g/mol. The van der Waals surface area contributed by atoms with Crippen LogP contribution in [-0.2, 0) is 33.4 Å². The second kappa shape index (κ2) is 18.9. The molecule has 2 rings (SSSR count). The van der Waals surface area contributed by atoms with Gasteiger partial charge < -0.3 is 50.8 Å². The zero-order valence-electron chi connectivity index (χ0n) is 31.9. The molecule has 51 heavy (non-hydrogen) atoms. The summed E-state index contributed by atoms with van der Waals surface area (Å²) in [5.41, 5.74) is 6.35. The summed E-state index contributed by atoms with van der Waals surface area (Å²) in [7, 11) is 7.71. The summed E-state index contributed by atoms with van der Waals surface area (Å²) in [6.07, 6.45) is 2.02. The van der Waals surface area contributed by atoms with E-state index in [0.29, 0.717) is 29.7 Å². The van der Waals surface area contributed by atoms with Crippen molar-refractivity contribution in [3.05, 3.63) is 35.4 Å². The fraction of sp³-hybridized carbons (Fsp3) is 0.639. The minimum atomic E-state index is -1.23. The van der Waals surface area contributed by atoms with E-state index in [2.05, 4.69) is 21.3 Å². The molecule has 0 fully saturated rings. The molecule has 0 radical (unpaired) electrons. The number of likely N-dealkylation sites (N-methyl/N-ethyl adjacent to an activating group) is 2. The van der Waals surface area contributed by atoms with Crippen molar-refractivity contribution in [1.29, 1.82) is 0 Å². The molecule has 0 spiro atoms. The number of benzene rings is 1. The van der Waals surface area contributed by atoms with Gasteiger partial charge in [-0.3, -0.25) is 19.2 Å². The fourth-order valence-electron chi connectivity index (χ4n) is 6.04. The van der Waals surface area contributed by atoms with Gasteiger partial charge in [-0.25, -0.2) is 4.79 Å². The van der Waals surface area contributed by atoms with Crippen LogP contribution in [0.5, 0.6) is 5.75 Å². The maximum Gasteiger partial charge on any atom is 0.407 e. The highest BCUT2D eigenvalue weighted by Crippen LogP contribution is 2.53. The Kier molecular flexibility index (Phi) is 15.9. The Bertz CT molecular complexity index is 1430. The van der Waals surface area contributed by atoms with E-state index in [1.54, 1.807) is 60.3 Å². The van der Waals surface area contributed by atoms with Crippen LogP contribution in [0.2, 0.25) is 0 Å². The maximum atomic E-state index is 14.2. The van der Waals surface area contributed by atoms with Crippen molar-refractivity contribution in [2.75, 3.05) is 48.5 Å². The molecule has 6 atom stereocenters. The number of rotatable bonds is 18. The van der Waals surface area contributed by atoms with Crippen LogP contribution >= 0.6 is 0 Å². The SMILES string of the molecule is CNC(=O)[C@H](C)NC(=O)[C@H](c1ccc(OC)c(C2=CC(OC)[C@]2(C)[C@H](C)OC)c1)N(C)C(=O)[C@H](CCCCNC(=O)OC(C)(C)C)NC(=O)CN. The Morgan fingerprint density at radius 2 is 1.69 bits per heavy atom. The summed E-state index contributed by atoms with van der Waals surface area (Å²) in [4.78, 5) is 66.4. The van der Waals surface area contributed by atoms with E-state index in [9.17, 15) is 24.0 Å². The zero-order valence-corrected chi connectivity index (χ0v) is 31.9. The predicted octanol–water partition coefficient (Wildman–Crippen LogP) is 2.04. The van der Waals surface area contributed by atoms with Gasteiger partial charge in [0, 0.05) is 45.8 Å². The maximum absolute atomic E-state index is 14.2. The van der Waals surface area contributed by atoms with E-state index in [1.165, 1.54) is 25.9 Å². The number of nitrogens with zero attached hydrogens (tertiary/aromatic N) is 1. The van der Waals surface area contributed by atoms with Crippen LogP contribution in [0.15, 0.2) is 24.3 Å². The van der Waals surface area contributed by atoms with Gasteiger partial charge in [-0.15, -0.1) is 0 Å². The lowest BCUT2D eigenvalue weighted by atomic mass is 9.62. The number of carbonyl (C=O) groups is 5. The second-order valence-electron chi connectivity index (χ2n) is 13.8. The lowest BCUT2D eigenvalue weighted by Gasteiger charge is -2.49. The number of carbonyl (C=O) groups excluding carboxylic acids is 5. The van der Waals surface area contributed by atoms with Crippen LogP contribution in [0.3, 0.4) is 0 Å². The van der Waals surface area contributed by atoms with Crippen LogP contribution in [0.4, 0.5) is 4.79 Å². The summed E-state index contributed by atoms with van der Waals surface area (Å²) in [6, 6.07) is 1.99. The van der Waals surface area contributed by atoms with E-state index in [4.69, 9.17) is 24.7 Å². The van der Waals surface area contributed by atoms with Crippen molar-refractivity contribution < 1.29 is 42.9 Å². The summed E-state index contributed by atoms with van der Waals surface area (Å²) in [5, 5.41) is 10.6. The highest BCUT2D eigenvalue weighted by Gasteiger charge is 2.50. The summed E-state index contributed by atoms with van der Waals surface area (Å²) < 4.78 is 22.5. The smallest absolute Gasteiger partial charge is 0.407 e. The Hall–Kier alpha value is -4.21. The van der Waals surface area contributed by atoms with Crippen LogP contribution in [0, 0.1) is 5.41 Å². The lowest BCUT2D eigenvalue weighted by molar-refractivity contribution is -0.142. The molecule has 1 aliphatic rings. The van der Waals surface area contributed by atoms with Gasteiger partial charge in [0.15, 0.2) is 0 Å². The molecule has 15 heteroatoms. The molecule has 1 aromatic rings. The minimum Gasteiger partial charge on any atom is -0.496 e. The molecule has 0 saturated heterocycles. The number of alkyl carbamates (subject to hydrolysis) is 1. The Morgan fingerprint density at radius 1 is 1.02 bits per heavy atom. The topological polar surface area (TPSA) is 200 Å². The highest BCUT2D eigenvalue weighted by molar-refractivity contribution is 5.95. The predicted molar refractivity (Wildman–Crippen MR) is 193 cm³/mol. The van der Waals surface area contributed by atoms with E-state index >= 15 is 0 Å².